The number of amides is 1. The molecular weight excluding hydrogens is 462 g/mol. The Hall–Kier alpha value is -2.79. The van der Waals surface area contributed by atoms with Crippen LogP contribution in [0, 0.1) is 13.8 Å². The van der Waals surface area contributed by atoms with Crippen LogP contribution in [-0.4, -0.2) is 63.3 Å². The Morgan fingerprint density at radius 3 is 2.67 bits per heavy atom. The van der Waals surface area contributed by atoms with Crippen LogP contribution < -0.4 is 15.5 Å². The van der Waals surface area contributed by atoms with Crippen molar-refractivity contribution in [2.24, 2.45) is 0 Å². The van der Waals surface area contributed by atoms with E-state index in [-0.39, 0.29) is 5.91 Å². The summed E-state index contributed by atoms with van der Waals surface area (Å²) < 4.78 is 0. The molecule has 3 heterocycles. The molecule has 1 amide bonds. The molecule has 4 rings (SSSR count). The van der Waals surface area contributed by atoms with Gasteiger partial charge >= 0.3 is 0 Å². The molecule has 1 saturated heterocycles. The van der Waals surface area contributed by atoms with Crippen molar-refractivity contribution in [3.63, 3.8) is 0 Å². The molecule has 9 nitrogen and oxygen atoms in total. The first-order valence-corrected chi connectivity index (χ1v) is 11.8. The van der Waals surface area contributed by atoms with E-state index in [1.54, 1.807) is 13.0 Å². The zero-order valence-electron chi connectivity index (χ0n) is 18.7. The summed E-state index contributed by atoms with van der Waals surface area (Å²) in [6, 6.07) is 7.34. The van der Waals surface area contributed by atoms with Crippen LogP contribution in [0.1, 0.15) is 28.0 Å². The minimum Gasteiger partial charge on any atom is -0.379 e. The van der Waals surface area contributed by atoms with Gasteiger partial charge in [-0.15, -0.1) is 0 Å². The van der Waals surface area contributed by atoms with Gasteiger partial charge in [0.15, 0.2) is 5.13 Å². The van der Waals surface area contributed by atoms with Gasteiger partial charge in [-0.05, 0) is 32.4 Å². The first-order valence-electron chi connectivity index (χ1n) is 10.6. The van der Waals surface area contributed by atoms with Gasteiger partial charge in [-0.1, -0.05) is 35.1 Å². The third-order valence-corrected chi connectivity index (χ3v) is 6.64. The first-order chi connectivity index (χ1) is 15.8. The van der Waals surface area contributed by atoms with E-state index in [4.69, 9.17) is 11.6 Å². The normalized spacial score (nSPS) is 15.4. The Morgan fingerprint density at radius 1 is 1.21 bits per heavy atom. The van der Waals surface area contributed by atoms with E-state index in [1.165, 1.54) is 17.5 Å². The number of nitrogens with zero attached hydrogens (tertiary/aromatic N) is 5. The van der Waals surface area contributed by atoms with Crippen molar-refractivity contribution >= 4 is 51.3 Å². The highest BCUT2D eigenvalue weighted by atomic mass is 35.5. The summed E-state index contributed by atoms with van der Waals surface area (Å²) in [6.45, 7) is 8.57. The van der Waals surface area contributed by atoms with Gasteiger partial charge in [0.05, 0.1) is 16.9 Å². The third kappa shape index (κ3) is 5.59. The van der Waals surface area contributed by atoms with Crippen LogP contribution in [-0.2, 0) is 0 Å². The molecule has 3 aromatic rings. The number of aliphatic hydroxyl groups excluding tert-OH is 1. The van der Waals surface area contributed by atoms with Gasteiger partial charge in [0.2, 0.25) is 0 Å². The molecule has 3 N–H and O–H groups in total. The molecule has 174 valence electrons. The van der Waals surface area contributed by atoms with Gasteiger partial charge < -0.3 is 20.6 Å². The van der Waals surface area contributed by atoms with Crippen molar-refractivity contribution in [2.45, 2.75) is 27.0 Å². The molecule has 0 saturated carbocycles. The summed E-state index contributed by atoms with van der Waals surface area (Å²) in [5.41, 5.74) is 1.48. The average Bonchev–Trinajstić information content (AvgIpc) is 3.24. The maximum absolute atomic E-state index is 12.7. The number of carbonyl (C=O) groups excluding carboxylic acids is 1. The van der Waals surface area contributed by atoms with E-state index in [1.807, 2.05) is 36.9 Å². The van der Waals surface area contributed by atoms with Crippen molar-refractivity contribution in [2.75, 3.05) is 41.7 Å². The smallest absolute Gasteiger partial charge is 0.267 e. The predicted molar refractivity (Wildman–Crippen MR) is 132 cm³/mol. The van der Waals surface area contributed by atoms with Crippen molar-refractivity contribution in [1.29, 1.82) is 0 Å². The topological polar surface area (TPSA) is 107 Å². The molecule has 0 aliphatic carbocycles. The summed E-state index contributed by atoms with van der Waals surface area (Å²) >= 11 is 7.45. The second-order valence-corrected chi connectivity index (χ2v) is 9.29. The number of aryl methyl sites for hydroxylation is 2. The molecule has 1 unspecified atom stereocenters. The van der Waals surface area contributed by atoms with E-state index in [9.17, 15) is 9.90 Å². The lowest BCUT2D eigenvalue weighted by Gasteiger charge is -2.36. The van der Waals surface area contributed by atoms with Crippen LogP contribution in [0.2, 0.25) is 5.02 Å². The molecule has 11 heteroatoms. The van der Waals surface area contributed by atoms with Crippen LogP contribution in [0.25, 0.3) is 0 Å². The fraction of sp³-hybridized carbons (Fsp3) is 0.364. The number of aliphatic hydroxyl groups is 1. The molecular formula is C22H26ClN7O2S. The Bertz CT molecular complexity index is 1130. The molecule has 1 fully saturated rings. The number of piperazine rings is 1. The monoisotopic (exact) mass is 487 g/mol. The maximum Gasteiger partial charge on any atom is 0.267 e. The second-order valence-electron chi connectivity index (χ2n) is 7.85. The fourth-order valence-corrected chi connectivity index (χ4v) is 4.60. The van der Waals surface area contributed by atoms with Gasteiger partial charge in [-0.25, -0.2) is 15.0 Å². The van der Waals surface area contributed by atoms with Crippen molar-refractivity contribution in [3.8, 4) is 0 Å². The summed E-state index contributed by atoms with van der Waals surface area (Å²) in [5, 5.41) is 16.9. The summed E-state index contributed by atoms with van der Waals surface area (Å²) in [6.07, 6.45) is 1.08. The molecule has 1 aliphatic rings. The zero-order valence-corrected chi connectivity index (χ0v) is 20.2. The Kier molecular flexibility index (Phi) is 7.08. The lowest BCUT2D eigenvalue weighted by atomic mass is 10.2. The quantitative estimate of drug-likeness (QED) is 0.483. The zero-order chi connectivity index (χ0) is 23.5. The number of para-hydroxylation sites is 1. The van der Waals surface area contributed by atoms with E-state index in [0.29, 0.717) is 32.4 Å². The number of hydrogen-bond acceptors (Lipinski definition) is 9. The maximum atomic E-state index is 12.7. The third-order valence-electron chi connectivity index (χ3n) is 5.42. The number of carbonyl (C=O) groups is 1. The molecule has 0 spiro atoms. The summed E-state index contributed by atoms with van der Waals surface area (Å²) in [5.74, 6) is 1.79. The van der Waals surface area contributed by atoms with E-state index in [0.717, 1.165) is 37.6 Å². The van der Waals surface area contributed by atoms with Crippen molar-refractivity contribution < 1.29 is 9.90 Å². The van der Waals surface area contributed by atoms with Gasteiger partial charge in [0.25, 0.3) is 5.91 Å². The molecule has 0 radical (unpaired) electrons. The summed E-state index contributed by atoms with van der Waals surface area (Å²) in [7, 11) is 0. The Labute approximate surface area is 201 Å². The lowest BCUT2D eigenvalue weighted by Crippen LogP contribution is -2.49. The van der Waals surface area contributed by atoms with Crippen LogP contribution in [0.5, 0.6) is 0 Å². The number of nitrogens with one attached hydrogen (secondary N) is 2. The molecule has 1 aliphatic heterocycles. The molecule has 2 aromatic heterocycles. The highest BCUT2D eigenvalue weighted by molar-refractivity contribution is 7.17. The first kappa shape index (κ1) is 23.4. The number of rotatable bonds is 6. The highest BCUT2D eigenvalue weighted by Crippen LogP contribution is 2.28. The number of anilines is 4. The van der Waals surface area contributed by atoms with E-state index < -0.39 is 6.23 Å². The van der Waals surface area contributed by atoms with Gasteiger partial charge in [0.1, 0.15) is 28.6 Å². The number of hydrogen-bond donors (Lipinski definition) is 3. The summed E-state index contributed by atoms with van der Waals surface area (Å²) in [4.78, 5) is 30.7. The number of aromatic nitrogens is 3. The van der Waals surface area contributed by atoms with E-state index in [2.05, 4.69) is 30.5 Å². The molecule has 1 aromatic carbocycles. The van der Waals surface area contributed by atoms with Crippen LogP contribution >= 0.6 is 22.9 Å². The number of halogens is 1. The SMILES string of the molecule is Cc1nc(Nc2ncc(C(=O)Nc3c(C)cccc3Cl)s2)cc(N2CCN(C(C)O)CC2)n1. The average molecular weight is 488 g/mol. The number of benzene rings is 1. The Balaban J connectivity index is 1.44. The number of thiazole rings is 1. The molecule has 0 bridgehead atoms. The van der Waals surface area contributed by atoms with Crippen LogP contribution in [0.15, 0.2) is 30.5 Å². The van der Waals surface area contributed by atoms with Gasteiger partial charge in [-0.2, -0.15) is 0 Å². The molecule has 1 atom stereocenters. The Morgan fingerprint density at radius 2 is 1.97 bits per heavy atom. The van der Waals surface area contributed by atoms with Crippen molar-refractivity contribution in [3.05, 3.63) is 51.7 Å². The van der Waals surface area contributed by atoms with Crippen LogP contribution in [0.3, 0.4) is 0 Å². The van der Waals surface area contributed by atoms with Gasteiger partial charge in [0, 0.05) is 32.2 Å². The van der Waals surface area contributed by atoms with Crippen molar-refractivity contribution in [1.82, 2.24) is 19.9 Å². The molecule has 33 heavy (non-hydrogen) atoms. The lowest BCUT2D eigenvalue weighted by molar-refractivity contribution is 0.0152. The minimum absolute atomic E-state index is 0.271. The van der Waals surface area contributed by atoms with Crippen LogP contribution in [0.4, 0.5) is 22.5 Å². The highest BCUT2D eigenvalue weighted by Gasteiger charge is 2.21. The predicted octanol–water partition coefficient (Wildman–Crippen LogP) is 3.66. The van der Waals surface area contributed by atoms with Gasteiger partial charge in [-0.3, -0.25) is 9.69 Å². The standard InChI is InChI=1S/C22H26ClN7O2S/c1-13-5-4-6-16(23)20(13)28-21(32)17-12-24-22(33-17)27-18-11-19(26-14(2)25-18)30-9-7-29(8-10-30)15(3)31/h4-6,11-12,15,31H,7-10H2,1-3H3,(H,28,32)(H,24,25,26,27). The second kappa shape index (κ2) is 10.0. The fourth-order valence-electron chi connectivity index (χ4n) is 3.61. The van der Waals surface area contributed by atoms with E-state index >= 15 is 0 Å². The largest absolute Gasteiger partial charge is 0.379 e. The minimum atomic E-state index is -0.449.